The molecule has 0 radical (unpaired) electrons. The molecule has 1 aromatic carbocycles. The number of carbonyl (C=O) groups is 1. The van der Waals surface area contributed by atoms with E-state index in [4.69, 9.17) is 17.3 Å². The molecule has 2 aromatic rings. The van der Waals surface area contributed by atoms with Crippen molar-refractivity contribution in [1.29, 1.82) is 0 Å². The van der Waals surface area contributed by atoms with E-state index >= 15 is 0 Å². The number of halogens is 1. The SMILES string of the molecule is Cc1nc(C)n(CC(=O)Nc2cc(Cl)ccc2N)n1. The third-order valence-corrected chi connectivity index (χ3v) is 2.78. The molecule has 0 fully saturated rings. The number of carbonyl (C=O) groups excluding carboxylic acids is 1. The first-order valence-corrected chi connectivity index (χ1v) is 6.06. The Balaban J connectivity index is 2.09. The van der Waals surface area contributed by atoms with Crippen LogP contribution in [-0.4, -0.2) is 20.7 Å². The number of nitrogens with one attached hydrogen (secondary N) is 1. The van der Waals surface area contributed by atoms with Gasteiger partial charge in [-0.2, -0.15) is 5.10 Å². The van der Waals surface area contributed by atoms with Gasteiger partial charge in [-0.3, -0.25) is 4.79 Å². The van der Waals surface area contributed by atoms with Crippen LogP contribution in [0.25, 0.3) is 0 Å². The van der Waals surface area contributed by atoms with Crippen molar-refractivity contribution >= 4 is 28.9 Å². The number of anilines is 2. The van der Waals surface area contributed by atoms with E-state index in [0.29, 0.717) is 28.0 Å². The van der Waals surface area contributed by atoms with Gasteiger partial charge in [-0.05, 0) is 32.0 Å². The Morgan fingerprint density at radius 2 is 2.21 bits per heavy atom. The van der Waals surface area contributed by atoms with E-state index < -0.39 is 0 Å². The van der Waals surface area contributed by atoms with Gasteiger partial charge < -0.3 is 11.1 Å². The largest absolute Gasteiger partial charge is 0.397 e. The molecule has 0 atom stereocenters. The van der Waals surface area contributed by atoms with Crippen LogP contribution in [0, 0.1) is 13.8 Å². The van der Waals surface area contributed by atoms with Crippen LogP contribution in [-0.2, 0) is 11.3 Å². The van der Waals surface area contributed by atoms with Crippen LogP contribution in [0.5, 0.6) is 0 Å². The number of nitrogens with two attached hydrogens (primary N) is 1. The Hall–Kier alpha value is -2.08. The molecule has 2 rings (SSSR count). The third-order valence-electron chi connectivity index (χ3n) is 2.55. The molecule has 1 amide bonds. The lowest BCUT2D eigenvalue weighted by atomic mass is 10.2. The lowest BCUT2D eigenvalue weighted by Crippen LogP contribution is -2.21. The van der Waals surface area contributed by atoms with Gasteiger partial charge in [0, 0.05) is 5.02 Å². The zero-order chi connectivity index (χ0) is 14.0. The first-order valence-electron chi connectivity index (χ1n) is 5.68. The summed E-state index contributed by atoms with van der Waals surface area (Å²) >= 11 is 5.85. The Labute approximate surface area is 115 Å². The van der Waals surface area contributed by atoms with Crippen LogP contribution in [0.15, 0.2) is 18.2 Å². The standard InChI is InChI=1S/C12H14ClN5O/c1-7-15-8(2)18(17-7)6-12(19)16-11-5-9(13)3-4-10(11)14/h3-5H,6,14H2,1-2H3,(H,16,19). The van der Waals surface area contributed by atoms with Crippen LogP contribution in [0.1, 0.15) is 11.6 Å². The maximum Gasteiger partial charge on any atom is 0.246 e. The van der Waals surface area contributed by atoms with Gasteiger partial charge in [0.05, 0.1) is 11.4 Å². The van der Waals surface area contributed by atoms with E-state index in [0.717, 1.165) is 0 Å². The molecule has 0 bridgehead atoms. The third kappa shape index (κ3) is 3.23. The number of nitrogen functional groups attached to an aromatic ring is 1. The molecule has 7 heteroatoms. The van der Waals surface area contributed by atoms with Crippen molar-refractivity contribution < 1.29 is 4.79 Å². The highest BCUT2D eigenvalue weighted by atomic mass is 35.5. The number of rotatable bonds is 3. The second kappa shape index (κ2) is 5.27. The Morgan fingerprint density at radius 1 is 1.47 bits per heavy atom. The van der Waals surface area contributed by atoms with Crippen molar-refractivity contribution in [2.24, 2.45) is 0 Å². The van der Waals surface area contributed by atoms with E-state index in [1.165, 1.54) is 4.68 Å². The van der Waals surface area contributed by atoms with Crippen molar-refractivity contribution in [1.82, 2.24) is 14.8 Å². The van der Waals surface area contributed by atoms with E-state index in [1.54, 1.807) is 32.0 Å². The van der Waals surface area contributed by atoms with Gasteiger partial charge in [0.15, 0.2) is 0 Å². The summed E-state index contributed by atoms with van der Waals surface area (Å²) in [6, 6.07) is 4.91. The number of hydrogen-bond donors (Lipinski definition) is 2. The van der Waals surface area contributed by atoms with Gasteiger partial charge in [-0.25, -0.2) is 9.67 Å². The summed E-state index contributed by atoms with van der Waals surface area (Å²) in [7, 11) is 0. The van der Waals surface area contributed by atoms with Gasteiger partial charge >= 0.3 is 0 Å². The first kappa shape index (κ1) is 13.4. The Morgan fingerprint density at radius 3 is 2.84 bits per heavy atom. The Kier molecular flexibility index (Phi) is 3.71. The number of nitrogens with zero attached hydrogens (tertiary/aromatic N) is 3. The monoisotopic (exact) mass is 279 g/mol. The summed E-state index contributed by atoms with van der Waals surface area (Å²) < 4.78 is 1.53. The lowest BCUT2D eigenvalue weighted by molar-refractivity contribution is -0.116. The summed E-state index contributed by atoms with van der Waals surface area (Å²) in [5.74, 6) is 1.08. The number of aromatic nitrogens is 3. The molecule has 0 aliphatic carbocycles. The fraction of sp³-hybridized carbons (Fsp3) is 0.250. The zero-order valence-corrected chi connectivity index (χ0v) is 11.4. The summed E-state index contributed by atoms with van der Waals surface area (Å²) in [5.41, 5.74) is 6.71. The molecule has 100 valence electrons. The maximum atomic E-state index is 11.9. The summed E-state index contributed by atoms with van der Waals surface area (Å²) in [6.45, 7) is 3.65. The predicted octanol–water partition coefficient (Wildman–Crippen LogP) is 1.77. The number of benzene rings is 1. The van der Waals surface area contributed by atoms with E-state index in [9.17, 15) is 4.79 Å². The average molecular weight is 280 g/mol. The van der Waals surface area contributed by atoms with Crippen LogP contribution >= 0.6 is 11.6 Å². The van der Waals surface area contributed by atoms with Crippen molar-refractivity contribution in [3.05, 3.63) is 34.9 Å². The van der Waals surface area contributed by atoms with Crippen molar-refractivity contribution in [3.8, 4) is 0 Å². The highest BCUT2D eigenvalue weighted by Crippen LogP contribution is 2.22. The summed E-state index contributed by atoms with van der Waals surface area (Å²) in [6.07, 6.45) is 0. The van der Waals surface area contributed by atoms with Gasteiger partial charge in [0.25, 0.3) is 0 Å². The smallest absolute Gasteiger partial charge is 0.246 e. The number of aryl methyl sites for hydroxylation is 2. The zero-order valence-electron chi connectivity index (χ0n) is 10.6. The molecule has 0 aliphatic heterocycles. The molecule has 0 aliphatic rings. The highest BCUT2D eigenvalue weighted by molar-refractivity contribution is 6.31. The molecule has 0 saturated heterocycles. The second-order valence-corrected chi connectivity index (χ2v) is 4.58. The van der Waals surface area contributed by atoms with Crippen molar-refractivity contribution in [2.45, 2.75) is 20.4 Å². The molecular formula is C12H14ClN5O. The van der Waals surface area contributed by atoms with E-state index in [2.05, 4.69) is 15.4 Å². The summed E-state index contributed by atoms with van der Waals surface area (Å²) in [5, 5.41) is 7.33. The fourth-order valence-corrected chi connectivity index (χ4v) is 1.85. The molecule has 3 N–H and O–H groups in total. The molecule has 6 nitrogen and oxygen atoms in total. The van der Waals surface area contributed by atoms with Gasteiger partial charge in [0.1, 0.15) is 18.2 Å². The number of amides is 1. The molecule has 19 heavy (non-hydrogen) atoms. The number of hydrogen-bond acceptors (Lipinski definition) is 4. The van der Waals surface area contributed by atoms with Crippen LogP contribution in [0.3, 0.4) is 0 Å². The van der Waals surface area contributed by atoms with Crippen LogP contribution < -0.4 is 11.1 Å². The van der Waals surface area contributed by atoms with Gasteiger partial charge in [-0.15, -0.1) is 0 Å². The molecular weight excluding hydrogens is 266 g/mol. The molecule has 1 heterocycles. The highest BCUT2D eigenvalue weighted by Gasteiger charge is 2.10. The minimum absolute atomic E-state index is 0.0820. The molecule has 0 saturated carbocycles. The Bertz CT molecular complexity index is 623. The normalized spacial score (nSPS) is 10.5. The lowest BCUT2D eigenvalue weighted by Gasteiger charge is -2.09. The van der Waals surface area contributed by atoms with E-state index in [-0.39, 0.29) is 12.5 Å². The maximum absolute atomic E-state index is 11.9. The molecule has 1 aromatic heterocycles. The van der Waals surface area contributed by atoms with Crippen molar-refractivity contribution in [3.63, 3.8) is 0 Å². The second-order valence-electron chi connectivity index (χ2n) is 4.14. The first-order chi connectivity index (χ1) is 8.95. The quantitative estimate of drug-likeness (QED) is 0.839. The van der Waals surface area contributed by atoms with Crippen LogP contribution in [0.4, 0.5) is 11.4 Å². The van der Waals surface area contributed by atoms with E-state index in [1.807, 2.05) is 0 Å². The van der Waals surface area contributed by atoms with Crippen molar-refractivity contribution in [2.75, 3.05) is 11.1 Å². The molecule has 0 unspecified atom stereocenters. The molecule has 0 spiro atoms. The average Bonchev–Trinajstić information content (AvgIpc) is 2.62. The minimum atomic E-state index is -0.234. The topological polar surface area (TPSA) is 85.8 Å². The summed E-state index contributed by atoms with van der Waals surface area (Å²) in [4.78, 5) is 16.0. The fourth-order valence-electron chi connectivity index (χ4n) is 1.67. The van der Waals surface area contributed by atoms with Crippen LogP contribution in [0.2, 0.25) is 5.02 Å². The minimum Gasteiger partial charge on any atom is -0.397 e. The van der Waals surface area contributed by atoms with Gasteiger partial charge in [0.2, 0.25) is 5.91 Å². The predicted molar refractivity (Wildman–Crippen MR) is 74.0 cm³/mol. The van der Waals surface area contributed by atoms with Gasteiger partial charge in [-0.1, -0.05) is 11.6 Å².